The van der Waals surface area contributed by atoms with E-state index in [9.17, 15) is 0 Å². The van der Waals surface area contributed by atoms with Gasteiger partial charge in [-0.2, -0.15) is 0 Å². The molecule has 4 aromatic rings. The maximum Gasteiger partial charge on any atom is 0.203 e. The number of imidazole rings is 1. The Bertz CT molecular complexity index is 1050. The molecule has 0 aliphatic heterocycles. The number of furan rings is 1. The van der Waals surface area contributed by atoms with E-state index in [0.29, 0.717) is 29.3 Å². The zero-order valence-corrected chi connectivity index (χ0v) is 15.3. The molecule has 3 heterocycles. The predicted octanol–water partition coefficient (Wildman–Crippen LogP) is 3.83. The van der Waals surface area contributed by atoms with Crippen molar-refractivity contribution in [1.82, 2.24) is 15.0 Å². The van der Waals surface area contributed by atoms with Gasteiger partial charge >= 0.3 is 0 Å². The Kier molecular flexibility index (Phi) is 4.42. The van der Waals surface area contributed by atoms with E-state index in [1.54, 1.807) is 33.8 Å². The Morgan fingerprint density at radius 2 is 1.81 bits per heavy atom. The summed E-state index contributed by atoms with van der Waals surface area (Å²) in [5.41, 5.74) is 3.39. The van der Waals surface area contributed by atoms with Gasteiger partial charge in [0.2, 0.25) is 5.75 Å². The van der Waals surface area contributed by atoms with E-state index in [1.165, 1.54) is 0 Å². The minimum Gasteiger partial charge on any atom is -0.493 e. The van der Waals surface area contributed by atoms with Gasteiger partial charge < -0.3 is 23.6 Å². The molecule has 0 radical (unpaired) electrons. The zero-order valence-electron chi connectivity index (χ0n) is 15.3. The molecule has 138 valence electrons. The molecule has 0 saturated heterocycles. The Balaban J connectivity index is 1.67. The number of aromatic amines is 1. The van der Waals surface area contributed by atoms with Crippen LogP contribution in [0.25, 0.3) is 22.5 Å². The number of nitrogens with one attached hydrogen (secondary N) is 1. The van der Waals surface area contributed by atoms with Crippen LogP contribution in [-0.4, -0.2) is 36.3 Å². The first-order valence-electron chi connectivity index (χ1n) is 8.39. The van der Waals surface area contributed by atoms with Crippen molar-refractivity contribution in [2.75, 3.05) is 21.3 Å². The summed E-state index contributed by atoms with van der Waals surface area (Å²) in [4.78, 5) is 12.3. The van der Waals surface area contributed by atoms with Crippen LogP contribution in [0.3, 0.4) is 0 Å². The quantitative estimate of drug-likeness (QED) is 0.559. The van der Waals surface area contributed by atoms with E-state index < -0.39 is 0 Å². The standard InChI is InChI=1S/C20H19N3O4/c1-24-16-7-12(8-17(25-2)19(16)26-3)9-18-22-14-10-13(11-21-20(14)23-18)15-5-4-6-27-15/h4-8,10-11H,9H2,1-3H3,(H,21,22,23). The fourth-order valence-electron chi connectivity index (χ4n) is 3.04. The Morgan fingerprint density at radius 3 is 2.44 bits per heavy atom. The molecule has 1 N–H and O–H groups in total. The van der Waals surface area contributed by atoms with E-state index in [2.05, 4.69) is 15.0 Å². The number of methoxy groups -OCH3 is 3. The van der Waals surface area contributed by atoms with Crippen LogP contribution in [0, 0.1) is 0 Å². The largest absolute Gasteiger partial charge is 0.493 e. The van der Waals surface area contributed by atoms with E-state index in [4.69, 9.17) is 18.6 Å². The molecule has 0 amide bonds. The Labute approximate surface area is 155 Å². The van der Waals surface area contributed by atoms with Gasteiger partial charge in [-0.1, -0.05) is 0 Å². The Hall–Kier alpha value is -3.48. The SMILES string of the molecule is COc1cc(Cc2nc3ncc(-c4ccco4)cc3[nH]2)cc(OC)c1OC. The van der Waals surface area contributed by atoms with Crippen LogP contribution in [0.2, 0.25) is 0 Å². The molecule has 0 saturated carbocycles. The second-order valence-electron chi connectivity index (χ2n) is 5.97. The molecule has 7 heteroatoms. The molecular weight excluding hydrogens is 346 g/mol. The lowest BCUT2D eigenvalue weighted by Crippen LogP contribution is -1.98. The van der Waals surface area contributed by atoms with Crippen LogP contribution < -0.4 is 14.2 Å². The van der Waals surface area contributed by atoms with Crippen LogP contribution >= 0.6 is 0 Å². The second kappa shape index (κ2) is 7.03. The van der Waals surface area contributed by atoms with Crippen molar-refractivity contribution in [3.8, 4) is 28.6 Å². The van der Waals surface area contributed by atoms with Gasteiger partial charge in [-0.15, -0.1) is 0 Å². The molecule has 1 aromatic carbocycles. The van der Waals surface area contributed by atoms with Crippen molar-refractivity contribution in [3.63, 3.8) is 0 Å². The number of hydrogen-bond donors (Lipinski definition) is 1. The minimum atomic E-state index is 0.568. The molecule has 0 fully saturated rings. The lowest BCUT2D eigenvalue weighted by Gasteiger charge is -2.13. The molecule has 0 aliphatic rings. The van der Waals surface area contributed by atoms with Crippen molar-refractivity contribution in [1.29, 1.82) is 0 Å². The topological polar surface area (TPSA) is 82.4 Å². The summed E-state index contributed by atoms with van der Waals surface area (Å²) in [5, 5.41) is 0. The van der Waals surface area contributed by atoms with Gasteiger partial charge in [0, 0.05) is 18.2 Å². The van der Waals surface area contributed by atoms with E-state index in [-0.39, 0.29) is 0 Å². The lowest BCUT2D eigenvalue weighted by molar-refractivity contribution is 0.324. The third kappa shape index (κ3) is 3.19. The molecule has 0 bridgehead atoms. The maximum atomic E-state index is 5.43. The third-order valence-corrected chi connectivity index (χ3v) is 4.29. The summed E-state index contributed by atoms with van der Waals surface area (Å²) in [5.74, 6) is 3.36. The highest BCUT2D eigenvalue weighted by molar-refractivity contribution is 5.76. The van der Waals surface area contributed by atoms with Crippen molar-refractivity contribution in [3.05, 3.63) is 54.2 Å². The molecule has 7 nitrogen and oxygen atoms in total. The molecule has 0 aliphatic carbocycles. The van der Waals surface area contributed by atoms with Gasteiger partial charge in [-0.3, -0.25) is 0 Å². The van der Waals surface area contributed by atoms with Gasteiger partial charge in [0.1, 0.15) is 11.6 Å². The fraction of sp³-hybridized carbons (Fsp3) is 0.200. The van der Waals surface area contributed by atoms with Gasteiger partial charge in [-0.25, -0.2) is 9.97 Å². The van der Waals surface area contributed by atoms with E-state index in [1.807, 2.05) is 30.3 Å². The summed E-state index contributed by atoms with van der Waals surface area (Å²) < 4.78 is 21.6. The average molecular weight is 365 g/mol. The third-order valence-electron chi connectivity index (χ3n) is 4.29. The number of ether oxygens (including phenoxy) is 3. The second-order valence-corrected chi connectivity index (χ2v) is 5.97. The number of pyridine rings is 1. The van der Waals surface area contributed by atoms with Gasteiger partial charge in [-0.05, 0) is 35.9 Å². The number of H-pyrrole nitrogens is 1. The number of fused-ring (bicyclic) bond motifs is 1. The van der Waals surface area contributed by atoms with Crippen LogP contribution in [-0.2, 0) is 6.42 Å². The fourth-order valence-corrected chi connectivity index (χ4v) is 3.04. The highest BCUT2D eigenvalue weighted by atomic mass is 16.5. The van der Waals surface area contributed by atoms with Crippen LogP contribution in [0.15, 0.2) is 47.2 Å². The number of nitrogens with zero attached hydrogens (tertiary/aromatic N) is 2. The van der Waals surface area contributed by atoms with Gasteiger partial charge in [0.15, 0.2) is 17.1 Å². The highest BCUT2D eigenvalue weighted by Gasteiger charge is 2.15. The maximum absolute atomic E-state index is 5.43. The molecular formula is C20H19N3O4. The summed E-state index contributed by atoms with van der Waals surface area (Å²) in [6, 6.07) is 9.55. The summed E-state index contributed by atoms with van der Waals surface area (Å²) in [7, 11) is 4.78. The van der Waals surface area contributed by atoms with Crippen molar-refractivity contribution in [2.24, 2.45) is 0 Å². The predicted molar refractivity (Wildman–Crippen MR) is 100 cm³/mol. The van der Waals surface area contributed by atoms with Crippen molar-refractivity contribution >= 4 is 11.2 Å². The molecule has 0 unspecified atom stereocenters. The molecule has 0 spiro atoms. The van der Waals surface area contributed by atoms with Crippen molar-refractivity contribution in [2.45, 2.75) is 6.42 Å². The van der Waals surface area contributed by atoms with Crippen molar-refractivity contribution < 1.29 is 18.6 Å². The normalized spacial score (nSPS) is 10.9. The van der Waals surface area contributed by atoms with Gasteiger partial charge in [0.25, 0.3) is 0 Å². The first-order valence-corrected chi connectivity index (χ1v) is 8.39. The number of aromatic nitrogens is 3. The van der Waals surface area contributed by atoms with E-state index >= 15 is 0 Å². The lowest BCUT2D eigenvalue weighted by atomic mass is 10.1. The van der Waals surface area contributed by atoms with Gasteiger partial charge in [0.05, 0.1) is 33.1 Å². The summed E-state index contributed by atoms with van der Waals surface area (Å²) in [6.07, 6.45) is 3.97. The summed E-state index contributed by atoms with van der Waals surface area (Å²) in [6.45, 7) is 0. The monoisotopic (exact) mass is 365 g/mol. The average Bonchev–Trinajstić information content (AvgIpc) is 3.35. The van der Waals surface area contributed by atoms with E-state index in [0.717, 1.165) is 28.2 Å². The number of hydrogen-bond acceptors (Lipinski definition) is 6. The van der Waals surface area contributed by atoms with Crippen LogP contribution in [0.5, 0.6) is 17.2 Å². The molecule has 3 aromatic heterocycles. The van der Waals surface area contributed by atoms with Crippen LogP contribution in [0.4, 0.5) is 0 Å². The molecule has 4 rings (SSSR count). The molecule has 0 atom stereocenters. The number of benzene rings is 1. The Morgan fingerprint density at radius 1 is 1.04 bits per heavy atom. The zero-order chi connectivity index (χ0) is 18.8. The van der Waals surface area contributed by atoms with Crippen LogP contribution in [0.1, 0.15) is 11.4 Å². The number of rotatable bonds is 6. The first kappa shape index (κ1) is 17.0. The molecule has 27 heavy (non-hydrogen) atoms. The highest BCUT2D eigenvalue weighted by Crippen LogP contribution is 2.38. The summed E-state index contributed by atoms with van der Waals surface area (Å²) >= 11 is 0. The minimum absolute atomic E-state index is 0.568. The first-order chi connectivity index (χ1) is 13.2. The smallest absolute Gasteiger partial charge is 0.203 e.